The summed E-state index contributed by atoms with van der Waals surface area (Å²) in [6, 6.07) is 3.06. The van der Waals surface area contributed by atoms with Crippen LogP contribution in [0.4, 0.5) is 11.4 Å². The van der Waals surface area contributed by atoms with Crippen LogP contribution in [0.2, 0.25) is 0 Å². The monoisotopic (exact) mass is 230 g/mol. The maximum Gasteiger partial charge on any atom is 0.296 e. The zero-order valence-electron chi connectivity index (χ0n) is 8.83. The third-order valence-corrected chi connectivity index (χ3v) is 3.04. The van der Waals surface area contributed by atoms with Crippen LogP contribution in [0.25, 0.3) is 0 Å². The van der Waals surface area contributed by atoms with Crippen molar-refractivity contribution < 1.29 is 13.0 Å². The lowest BCUT2D eigenvalue weighted by Crippen LogP contribution is -2.05. The van der Waals surface area contributed by atoms with Gasteiger partial charge in [0.1, 0.15) is 4.90 Å². The van der Waals surface area contributed by atoms with Gasteiger partial charge in [0.25, 0.3) is 10.1 Å². The van der Waals surface area contributed by atoms with Crippen LogP contribution in [0.3, 0.4) is 0 Å². The second kappa shape index (κ2) is 4.08. The van der Waals surface area contributed by atoms with E-state index in [0.717, 1.165) is 11.3 Å². The van der Waals surface area contributed by atoms with E-state index in [0.29, 0.717) is 5.69 Å². The molecule has 0 aliphatic rings. The molecule has 0 fully saturated rings. The second-order valence-corrected chi connectivity index (χ2v) is 4.53. The van der Waals surface area contributed by atoms with Crippen molar-refractivity contribution in [3.05, 3.63) is 17.7 Å². The lowest BCUT2D eigenvalue weighted by Gasteiger charge is -2.12. The smallest absolute Gasteiger partial charge is 0.296 e. The van der Waals surface area contributed by atoms with Crippen LogP contribution in [0.5, 0.6) is 0 Å². The van der Waals surface area contributed by atoms with E-state index in [-0.39, 0.29) is 4.90 Å². The summed E-state index contributed by atoms with van der Waals surface area (Å²) in [5.74, 6) is 0. The molecule has 5 nitrogen and oxygen atoms in total. The van der Waals surface area contributed by atoms with Gasteiger partial charge in [-0.1, -0.05) is 0 Å². The predicted molar refractivity (Wildman–Crippen MR) is 60.1 cm³/mol. The largest absolute Gasteiger partial charge is 0.388 e. The molecule has 0 aromatic heterocycles. The summed E-state index contributed by atoms with van der Waals surface area (Å²) >= 11 is 0. The van der Waals surface area contributed by atoms with E-state index in [1.165, 1.54) is 6.07 Å². The van der Waals surface area contributed by atoms with Gasteiger partial charge < -0.3 is 10.6 Å². The van der Waals surface area contributed by atoms with Crippen molar-refractivity contribution in [3.63, 3.8) is 0 Å². The van der Waals surface area contributed by atoms with E-state index in [4.69, 9.17) is 4.55 Å². The SMILES string of the molecule is CNc1cc(NC)c(S(=O)(=O)O)cc1C. The number of aryl methyl sites for hydroxylation is 1. The van der Waals surface area contributed by atoms with Crippen molar-refractivity contribution in [2.45, 2.75) is 11.8 Å². The Bertz CT molecular complexity index is 468. The Hall–Kier alpha value is -1.27. The van der Waals surface area contributed by atoms with Gasteiger partial charge in [0.15, 0.2) is 0 Å². The zero-order chi connectivity index (χ0) is 11.6. The van der Waals surface area contributed by atoms with E-state index in [2.05, 4.69) is 10.6 Å². The molecule has 0 aliphatic carbocycles. The number of benzene rings is 1. The Morgan fingerprint density at radius 1 is 1.13 bits per heavy atom. The molecule has 6 heteroatoms. The molecule has 0 saturated carbocycles. The molecular weight excluding hydrogens is 216 g/mol. The molecule has 1 aromatic rings. The molecule has 0 unspecified atom stereocenters. The number of nitrogens with one attached hydrogen (secondary N) is 2. The molecule has 0 saturated heterocycles. The Balaban J connectivity index is 3.48. The summed E-state index contributed by atoms with van der Waals surface area (Å²) in [7, 11) is -0.842. The van der Waals surface area contributed by atoms with Crippen LogP contribution >= 0.6 is 0 Å². The van der Waals surface area contributed by atoms with Gasteiger partial charge in [-0.3, -0.25) is 4.55 Å². The van der Waals surface area contributed by atoms with Gasteiger partial charge in [-0.25, -0.2) is 0 Å². The van der Waals surface area contributed by atoms with Gasteiger partial charge in [0.2, 0.25) is 0 Å². The molecule has 0 amide bonds. The third kappa shape index (κ3) is 2.40. The zero-order valence-corrected chi connectivity index (χ0v) is 9.64. The Morgan fingerprint density at radius 3 is 2.07 bits per heavy atom. The Morgan fingerprint density at radius 2 is 1.67 bits per heavy atom. The average Bonchev–Trinajstić information content (AvgIpc) is 2.16. The van der Waals surface area contributed by atoms with Crippen LogP contribution in [0.15, 0.2) is 17.0 Å². The molecule has 0 heterocycles. The maximum atomic E-state index is 11.1. The van der Waals surface area contributed by atoms with Crippen molar-refractivity contribution in [1.82, 2.24) is 0 Å². The summed E-state index contributed by atoms with van der Waals surface area (Å²) in [6.45, 7) is 1.76. The van der Waals surface area contributed by atoms with Gasteiger partial charge in [-0.05, 0) is 24.6 Å². The molecule has 0 aliphatic heterocycles. The van der Waals surface area contributed by atoms with Crippen molar-refractivity contribution >= 4 is 21.5 Å². The first-order valence-corrected chi connectivity index (χ1v) is 5.81. The Labute approximate surface area is 89.3 Å². The highest BCUT2D eigenvalue weighted by Crippen LogP contribution is 2.27. The molecule has 1 aromatic carbocycles. The second-order valence-electron chi connectivity index (χ2n) is 3.14. The van der Waals surface area contributed by atoms with Gasteiger partial charge >= 0.3 is 0 Å². The fraction of sp³-hybridized carbons (Fsp3) is 0.333. The topological polar surface area (TPSA) is 78.4 Å². The average molecular weight is 230 g/mol. The fourth-order valence-electron chi connectivity index (χ4n) is 1.36. The molecule has 84 valence electrons. The number of anilines is 2. The molecular formula is C9H14N2O3S. The number of hydrogen-bond acceptors (Lipinski definition) is 4. The first kappa shape index (κ1) is 11.8. The van der Waals surface area contributed by atoms with E-state index >= 15 is 0 Å². The highest BCUT2D eigenvalue weighted by molar-refractivity contribution is 7.86. The van der Waals surface area contributed by atoms with Crippen LogP contribution in [-0.2, 0) is 10.1 Å². The molecule has 15 heavy (non-hydrogen) atoms. The number of hydrogen-bond donors (Lipinski definition) is 3. The first-order valence-electron chi connectivity index (χ1n) is 4.37. The molecule has 1 rings (SSSR count). The fourth-order valence-corrected chi connectivity index (χ4v) is 2.12. The van der Waals surface area contributed by atoms with Crippen molar-refractivity contribution in [3.8, 4) is 0 Å². The van der Waals surface area contributed by atoms with E-state index in [1.54, 1.807) is 27.1 Å². The summed E-state index contributed by atoms with van der Waals surface area (Å²) < 4.78 is 31.1. The molecule has 0 spiro atoms. The van der Waals surface area contributed by atoms with Crippen LogP contribution in [0, 0.1) is 6.92 Å². The molecule has 0 atom stereocenters. The van der Waals surface area contributed by atoms with Gasteiger partial charge in [-0.2, -0.15) is 8.42 Å². The van der Waals surface area contributed by atoms with E-state index < -0.39 is 10.1 Å². The normalized spacial score (nSPS) is 11.2. The molecule has 0 radical (unpaired) electrons. The van der Waals surface area contributed by atoms with Crippen molar-refractivity contribution in [2.75, 3.05) is 24.7 Å². The minimum atomic E-state index is -4.18. The van der Waals surface area contributed by atoms with Gasteiger partial charge in [-0.15, -0.1) is 0 Å². The van der Waals surface area contributed by atoms with E-state index in [1.807, 2.05) is 0 Å². The minimum absolute atomic E-state index is 0.110. The van der Waals surface area contributed by atoms with E-state index in [9.17, 15) is 8.42 Å². The Kier molecular flexibility index (Phi) is 3.21. The highest BCUT2D eigenvalue weighted by atomic mass is 32.2. The first-order chi connectivity index (χ1) is 6.90. The summed E-state index contributed by atoms with van der Waals surface area (Å²) in [5.41, 5.74) is 1.93. The van der Waals surface area contributed by atoms with Crippen LogP contribution in [-0.4, -0.2) is 27.1 Å². The molecule has 3 N–H and O–H groups in total. The minimum Gasteiger partial charge on any atom is -0.388 e. The van der Waals surface area contributed by atoms with Gasteiger partial charge in [0.05, 0.1) is 5.69 Å². The summed E-state index contributed by atoms with van der Waals surface area (Å²) in [5, 5.41) is 5.66. The van der Waals surface area contributed by atoms with Crippen LogP contribution < -0.4 is 10.6 Å². The van der Waals surface area contributed by atoms with Gasteiger partial charge in [0, 0.05) is 19.8 Å². The van der Waals surface area contributed by atoms with Crippen molar-refractivity contribution in [1.29, 1.82) is 0 Å². The number of rotatable bonds is 3. The molecule has 0 bridgehead atoms. The standard InChI is InChI=1S/C9H14N2O3S/c1-6-4-9(15(12,13)14)8(11-3)5-7(6)10-2/h4-5,10-11H,1-3H3,(H,12,13,14). The quantitative estimate of drug-likeness (QED) is 0.683. The lowest BCUT2D eigenvalue weighted by atomic mass is 10.2. The highest BCUT2D eigenvalue weighted by Gasteiger charge is 2.16. The third-order valence-electron chi connectivity index (χ3n) is 2.14. The summed E-state index contributed by atoms with van der Waals surface area (Å²) in [6.07, 6.45) is 0. The summed E-state index contributed by atoms with van der Waals surface area (Å²) in [4.78, 5) is -0.110. The van der Waals surface area contributed by atoms with Crippen molar-refractivity contribution in [2.24, 2.45) is 0 Å². The predicted octanol–water partition coefficient (Wildman–Crippen LogP) is 1.33. The maximum absolute atomic E-state index is 11.1. The lowest BCUT2D eigenvalue weighted by molar-refractivity contribution is 0.483. The van der Waals surface area contributed by atoms with Crippen LogP contribution in [0.1, 0.15) is 5.56 Å².